The van der Waals surface area contributed by atoms with Crippen LogP contribution in [0.15, 0.2) is 30.5 Å². The van der Waals surface area contributed by atoms with Crippen LogP contribution in [0.5, 0.6) is 0 Å². The molecule has 4 rings (SSSR count). The van der Waals surface area contributed by atoms with E-state index in [4.69, 9.17) is 10.5 Å². The Morgan fingerprint density at radius 1 is 1.15 bits per heavy atom. The zero-order chi connectivity index (χ0) is 24.1. The molecule has 0 bridgehead atoms. The summed E-state index contributed by atoms with van der Waals surface area (Å²) in [6, 6.07) is 7.80. The highest BCUT2D eigenvalue weighted by molar-refractivity contribution is 5.98. The molecule has 2 fully saturated rings. The van der Waals surface area contributed by atoms with Crippen LogP contribution >= 0.6 is 0 Å². The molecule has 34 heavy (non-hydrogen) atoms. The van der Waals surface area contributed by atoms with E-state index in [1.165, 1.54) is 36.9 Å². The molecule has 3 atom stereocenters. The minimum Gasteiger partial charge on any atom is -0.446 e. The zero-order valence-corrected chi connectivity index (χ0v) is 18.9. The number of amides is 2. The number of aromatic nitrogens is 2. The van der Waals surface area contributed by atoms with Gasteiger partial charge >= 0.3 is 6.09 Å². The van der Waals surface area contributed by atoms with Gasteiger partial charge in [0.1, 0.15) is 17.5 Å². The average Bonchev–Trinajstić information content (AvgIpc) is 3.25. The number of ether oxygens (including phenoxy) is 1. The second-order valence-electron chi connectivity index (χ2n) is 8.99. The molecule has 2 saturated carbocycles. The lowest BCUT2D eigenvalue weighted by molar-refractivity contribution is 0.0488. The lowest BCUT2D eigenvalue weighted by Gasteiger charge is -2.32. The second kappa shape index (κ2) is 10.5. The molecule has 9 nitrogen and oxygen atoms in total. The molecular formula is C24H29FN6O3. The fourth-order valence-corrected chi connectivity index (χ4v) is 4.78. The van der Waals surface area contributed by atoms with Gasteiger partial charge in [-0.05, 0) is 49.9 Å². The number of nitrogens with two attached hydrogens (primary N) is 1. The van der Waals surface area contributed by atoms with Crippen molar-refractivity contribution in [1.29, 1.82) is 5.26 Å². The average molecular weight is 469 g/mol. The first-order chi connectivity index (χ1) is 16.4. The van der Waals surface area contributed by atoms with Crippen molar-refractivity contribution in [2.24, 2.45) is 11.7 Å². The van der Waals surface area contributed by atoms with Gasteiger partial charge in [-0.25, -0.2) is 9.18 Å². The smallest absolute Gasteiger partial charge is 0.407 e. The van der Waals surface area contributed by atoms with Gasteiger partial charge in [-0.1, -0.05) is 19.3 Å². The summed E-state index contributed by atoms with van der Waals surface area (Å²) < 4.78 is 20.4. The number of nitrogens with one attached hydrogen (secondary N) is 2. The third-order valence-corrected chi connectivity index (χ3v) is 6.58. The number of nitrogens with zero attached hydrogens (tertiary/aromatic N) is 3. The maximum absolute atomic E-state index is 13.2. The van der Waals surface area contributed by atoms with Crippen LogP contribution in [0.3, 0.4) is 0 Å². The molecule has 0 aliphatic heterocycles. The number of primary amides is 1. The van der Waals surface area contributed by atoms with Crippen molar-refractivity contribution in [3.63, 3.8) is 0 Å². The SMILES string of the molecule is N#C[C@@H]1C[C@H](OC(=O)NC2CCCCC2)CC[C@H]1n1cc(C(N)=O)c(Nc2ccc(F)cc2)n1. The summed E-state index contributed by atoms with van der Waals surface area (Å²) >= 11 is 0. The Hall–Kier alpha value is -3.61. The zero-order valence-electron chi connectivity index (χ0n) is 18.9. The van der Waals surface area contributed by atoms with Gasteiger partial charge in [-0.2, -0.15) is 10.4 Å². The van der Waals surface area contributed by atoms with Crippen molar-refractivity contribution in [3.8, 4) is 6.07 Å². The topological polar surface area (TPSA) is 135 Å². The van der Waals surface area contributed by atoms with Gasteiger partial charge in [0, 0.05) is 24.3 Å². The van der Waals surface area contributed by atoms with E-state index < -0.39 is 17.9 Å². The molecule has 2 aliphatic carbocycles. The summed E-state index contributed by atoms with van der Waals surface area (Å²) in [6.45, 7) is 0. The van der Waals surface area contributed by atoms with E-state index in [1.807, 2.05) is 0 Å². The highest BCUT2D eigenvalue weighted by Gasteiger charge is 2.35. The van der Waals surface area contributed by atoms with Crippen LogP contribution in [0.1, 0.15) is 67.8 Å². The highest BCUT2D eigenvalue weighted by Crippen LogP contribution is 2.36. The van der Waals surface area contributed by atoms with E-state index in [1.54, 1.807) is 4.68 Å². The van der Waals surface area contributed by atoms with Gasteiger partial charge in [0.15, 0.2) is 5.82 Å². The fourth-order valence-electron chi connectivity index (χ4n) is 4.78. The number of anilines is 2. The van der Waals surface area contributed by atoms with E-state index in [9.17, 15) is 19.2 Å². The molecular weight excluding hydrogens is 439 g/mol. The van der Waals surface area contributed by atoms with Crippen LogP contribution in [0.2, 0.25) is 0 Å². The molecule has 0 unspecified atom stereocenters. The summed E-state index contributed by atoms with van der Waals surface area (Å²) in [7, 11) is 0. The maximum atomic E-state index is 13.2. The molecule has 2 amide bonds. The number of rotatable bonds is 6. The molecule has 0 radical (unpaired) electrons. The largest absolute Gasteiger partial charge is 0.446 e. The van der Waals surface area contributed by atoms with Crippen LogP contribution in [-0.2, 0) is 4.74 Å². The number of hydrogen-bond acceptors (Lipinski definition) is 6. The Morgan fingerprint density at radius 3 is 2.56 bits per heavy atom. The van der Waals surface area contributed by atoms with Gasteiger partial charge < -0.3 is 21.1 Å². The van der Waals surface area contributed by atoms with Crippen LogP contribution < -0.4 is 16.4 Å². The molecule has 180 valence electrons. The quantitative estimate of drug-likeness (QED) is 0.583. The first-order valence-electron chi connectivity index (χ1n) is 11.7. The molecule has 1 heterocycles. The Balaban J connectivity index is 1.42. The van der Waals surface area contributed by atoms with E-state index in [0.29, 0.717) is 24.9 Å². The minimum absolute atomic E-state index is 0.160. The third kappa shape index (κ3) is 5.65. The number of alkyl carbamates (subject to hydrolysis) is 1. The Bertz CT molecular complexity index is 1060. The van der Waals surface area contributed by atoms with E-state index >= 15 is 0 Å². The lowest BCUT2D eigenvalue weighted by Crippen LogP contribution is -2.40. The van der Waals surface area contributed by atoms with E-state index in [2.05, 4.69) is 21.8 Å². The molecule has 1 aromatic carbocycles. The Kier molecular flexibility index (Phi) is 7.30. The standard InChI is InChI=1S/C24H29FN6O3/c25-16-6-8-18(9-7-16)28-23-20(22(27)32)14-31(30-23)21-11-10-19(12-15(21)13-26)34-24(33)29-17-4-2-1-3-5-17/h6-9,14-15,17,19,21H,1-5,10-12H2,(H2,27,32)(H,28,30)(H,29,33)/t15-,19+,21+/m0/s1. The molecule has 10 heteroatoms. The van der Waals surface area contributed by atoms with Gasteiger partial charge in [0.05, 0.1) is 18.0 Å². The predicted molar refractivity (Wildman–Crippen MR) is 123 cm³/mol. The molecule has 2 aromatic rings. The number of nitriles is 1. The van der Waals surface area contributed by atoms with Crippen LogP contribution in [-0.4, -0.2) is 33.9 Å². The number of carbonyl (C=O) groups is 2. The lowest BCUT2D eigenvalue weighted by atomic mass is 9.83. The summed E-state index contributed by atoms with van der Waals surface area (Å²) in [4.78, 5) is 24.3. The number of benzene rings is 1. The second-order valence-corrected chi connectivity index (χ2v) is 8.99. The Morgan fingerprint density at radius 2 is 1.88 bits per heavy atom. The Labute approximate surface area is 197 Å². The van der Waals surface area contributed by atoms with Crippen molar-refractivity contribution in [3.05, 3.63) is 41.8 Å². The number of halogens is 1. The van der Waals surface area contributed by atoms with Crippen LogP contribution in [0.4, 0.5) is 20.7 Å². The highest BCUT2D eigenvalue weighted by atomic mass is 19.1. The summed E-state index contributed by atoms with van der Waals surface area (Å²) in [5.74, 6) is -1.27. The van der Waals surface area contributed by atoms with Gasteiger partial charge in [-0.15, -0.1) is 0 Å². The fraction of sp³-hybridized carbons (Fsp3) is 0.500. The predicted octanol–water partition coefficient (Wildman–Crippen LogP) is 4.16. The molecule has 0 saturated heterocycles. The van der Waals surface area contributed by atoms with Gasteiger partial charge in [0.2, 0.25) is 0 Å². The third-order valence-electron chi connectivity index (χ3n) is 6.58. The van der Waals surface area contributed by atoms with Crippen molar-refractivity contribution in [2.75, 3.05) is 5.32 Å². The van der Waals surface area contributed by atoms with Crippen molar-refractivity contribution < 1.29 is 18.7 Å². The number of carbonyl (C=O) groups excluding carboxylic acids is 2. The monoisotopic (exact) mass is 468 g/mol. The minimum atomic E-state index is -0.666. The summed E-state index contributed by atoms with van der Waals surface area (Å²) in [5, 5.41) is 20.2. The summed E-state index contributed by atoms with van der Waals surface area (Å²) in [5.41, 5.74) is 6.25. The number of hydrogen-bond donors (Lipinski definition) is 3. The van der Waals surface area contributed by atoms with Crippen molar-refractivity contribution >= 4 is 23.5 Å². The van der Waals surface area contributed by atoms with E-state index in [-0.39, 0.29) is 35.4 Å². The molecule has 1 aromatic heterocycles. The molecule has 0 spiro atoms. The van der Waals surface area contributed by atoms with Gasteiger partial charge in [0.25, 0.3) is 5.91 Å². The maximum Gasteiger partial charge on any atom is 0.407 e. The first-order valence-corrected chi connectivity index (χ1v) is 11.7. The van der Waals surface area contributed by atoms with Crippen LogP contribution in [0.25, 0.3) is 0 Å². The van der Waals surface area contributed by atoms with Gasteiger partial charge in [-0.3, -0.25) is 9.48 Å². The molecule has 2 aliphatic rings. The normalized spacial score (nSPS) is 23.0. The van der Waals surface area contributed by atoms with Crippen molar-refractivity contribution in [1.82, 2.24) is 15.1 Å². The summed E-state index contributed by atoms with van der Waals surface area (Å²) in [6.07, 6.45) is 7.63. The van der Waals surface area contributed by atoms with Crippen molar-refractivity contribution in [2.45, 2.75) is 69.6 Å². The van der Waals surface area contributed by atoms with Crippen LogP contribution in [0, 0.1) is 23.1 Å². The first kappa shape index (κ1) is 23.5. The molecule has 4 N–H and O–H groups in total. The van der Waals surface area contributed by atoms with E-state index in [0.717, 1.165) is 25.7 Å².